The summed E-state index contributed by atoms with van der Waals surface area (Å²) in [6.07, 6.45) is 12.3. The summed E-state index contributed by atoms with van der Waals surface area (Å²) in [5.41, 5.74) is 6.58. The summed E-state index contributed by atoms with van der Waals surface area (Å²) in [5.74, 6) is 1.93. The summed E-state index contributed by atoms with van der Waals surface area (Å²) in [5, 5.41) is 0. The maximum absolute atomic E-state index is 13.5. The lowest BCUT2D eigenvalue weighted by Gasteiger charge is -2.54. The Bertz CT molecular complexity index is 470. The maximum atomic E-state index is 13.5. The molecule has 2 atom stereocenters. The van der Waals surface area contributed by atoms with Gasteiger partial charge in [-0.1, -0.05) is 25.7 Å². The first kappa shape index (κ1) is 22.3. The zero-order valence-corrected chi connectivity index (χ0v) is 17.8. The zero-order valence-electron chi connectivity index (χ0n) is 16.2. The van der Waals surface area contributed by atoms with E-state index in [2.05, 4.69) is 16.8 Å². The van der Waals surface area contributed by atoms with Gasteiger partial charge in [0.25, 0.3) is 0 Å². The largest absolute Gasteiger partial charge is 0.334 e. The average molecular weight is 406 g/mol. The number of carbonyl (C=O) groups excluding carboxylic acids is 1. The molecule has 0 aromatic heterocycles. The molecule has 4 fully saturated rings. The highest BCUT2D eigenvalue weighted by molar-refractivity contribution is 5.85. The van der Waals surface area contributed by atoms with Crippen LogP contribution in [-0.4, -0.2) is 54.0 Å². The molecule has 3 aliphatic carbocycles. The van der Waals surface area contributed by atoms with Crippen molar-refractivity contribution in [2.24, 2.45) is 23.5 Å². The monoisotopic (exact) mass is 405 g/mol. The Morgan fingerprint density at radius 3 is 2.19 bits per heavy atom. The molecule has 6 heteroatoms. The first-order valence-corrected chi connectivity index (χ1v) is 10.3. The molecule has 2 unspecified atom stereocenters. The minimum absolute atomic E-state index is 0. The second-order valence-electron chi connectivity index (χ2n) is 9.21. The van der Waals surface area contributed by atoms with Crippen LogP contribution < -0.4 is 5.73 Å². The molecule has 152 valence electrons. The molecule has 3 saturated carbocycles. The van der Waals surface area contributed by atoms with Gasteiger partial charge in [-0.15, -0.1) is 24.8 Å². The SMILES string of the molecule is CN1CCN(C(=O)C2CC3CCCC(C2)C3N)C2(CCCCC2)C1.Cl.Cl. The van der Waals surface area contributed by atoms with Gasteiger partial charge in [-0.25, -0.2) is 0 Å². The first-order chi connectivity index (χ1) is 11.6. The summed E-state index contributed by atoms with van der Waals surface area (Å²) in [6, 6.07) is 0.360. The predicted octanol–water partition coefficient (Wildman–Crippen LogP) is 3.46. The normalized spacial score (nSPS) is 36.8. The van der Waals surface area contributed by atoms with Crippen LogP contribution in [0.2, 0.25) is 0 Å². The number of hydrogen-bond donors (Lipinski definition) is 1. The van der Waals surface area contributed by atoms with Gasteiger partial charge in [0.2, 0.25) is 5.91 Å². The fourth-order valence-corrected chi connectivity index (χ4v) is 6.37. The minimum atomic E-state index is 0. The second kappa shape index (κ2) is 8.98. The van der Waals surface area contributed by atoms with E-state index in [4.69, 9.17) is 5.73 Å². The number of hydrogen-bond acceptors (Lipinski definition) is 3. The lowest BCUT2D eigenvalue weighted by Crippen LogP contribution is -2.65. The summed E-state index contributed by atoms with van der Waals surface area (Å²) < 4.78 is 0. The van der Waals surface area contributed by atoms with E-state index in [9.17, 15) is 4.79 Å². The van der Waals surface area contributed by atoms with Crippen LogP contribution in [0.15, 0.2) is 0 Å². The van der Waals surface area contributed by atoms with Gasteiger partial charge in [0.1, 0.15) is 0 Å². The third-order valence-corrected chi connectivity index (χ3v) is 7.65. The first-order valence-electron chi connectivity index (χ1n) is 10.3. The molecule has 0 radical (unpaired) electrons. The van der Waals surface area contributed by atoms with Crippen LogP contribution in [0.3, 0.4) is 0 Å². The van der Waals surface area contributed by atoms with E-state index < -0.39 is 0 Å². The molecular weight excluding hydrogens is 369 g/mol. The summed E-state index contributed by atoms with van der Waals surface area (Å²) in [7, 11) is 2.22. The standard InChI is InChI=1S/C20H35N3O.2ClH/c1-22-10-11-23(20(14-22)8-3-2-4-9-20)19(24)17-12-15-6-5-7-16(13-17)18(15)21;;/h15-18H,2-14,21H2,1H3;2*1H. The van der Waals surface area contributed by atoms with Crippen LogP contribution in [0.5, 0.6) is 0 Å². The van der Waals surface area contributed by atoms with Crippen molar-refractivity contribution in [3.8, 4) is 0 Å². The number of rotatable bonds is 1. The zero-order chi connectivity index (χ0) is 16.7. The van der Waals surface area contributed by atoms with E-state index in [0.717, 1.165) is 32.5 Å². The van der Waals surface area contributed by atoms with Crippen molar-refractivity contribution < 1.29 is 4.79 Å². The fraction of sp³-hybridized carbons (Fsp3) is 0.950. The van der Waals surface area contributed by atoms with Crippen molar-refractivity contribution in [2.75, 3.05) is 26.7 Å². The predicted molar refractivity (Wildman–Crippen MR) is 111 cm³/mol. The van der Waals surface area contributed by atoms with Crippen molar-refractivity contribution in [2.45, 2.75) is 75.8 Å². The summed E-state index contributed by atoms with van der Waals surface area (Å²) >= 11 is 0. The van der Waals surface area contributed by atoms with Crippen molar-refractivity contribution in [3.63, 3.8) is 0 Å². The minimum Gasteiger partial charge on any atom is -0.334 e. The second-order valence-corrected chi connectivity index (χ2v) is 9.21. The number of nitrogens with zero attached hydrogens (tertiary/aromatic N) is 2. The molecule has 26 heavy (non-hydrogen) atoms. The Kier molecular flexibility index (Phi) is 7.69. The molecule has 2 N–H and O–H groups in total. The number of amides is 1. The number of halogens is 2. The molecular formula is C20H37Cl2N3O. The van der Waals surface area contributed by atoms with Crippen molar-refractivity contribution in [3.05, 3.63) is 0 Å². The topological polar surface area (TPSA) is 49.6 Å². The number of piperazine rings is 1. The molecule has 0 aromatic rings. The highest BCUT2D eigenvalue weighted by Gasteiger charge is 2.48. The highest BCUT2D eigenvalue weighted by Crippen LogP contribution is 2.44. The van der Waals surface area contributed by atoms with Gasteiger partial charge in [0, 0.05) is 31.6 Å². The summed E-state index contributed by atoms with van der Waals surface area (Å²) in [4.78, 5) is 18.3. The van der Waals surface area contributed by atoms with Gasteiger partial charge in [0.05, 0.1) is 5.54 Å². The lowest BCUT2D eigenvalue weighted by molar-refractivity contribution is -0.151. The van der Waals surface area contributed by atoms with Crippen LogP contribution in [0, 0.1) is 17.8 Å². The van der Waals surface area contributed by atoms with Crippen LogP contribution in [0.25, 0.3) is 0 Å². The molecule has 1 aliphatic heterocycles. The molecule has 1 amide bonds. The Balaban J connectivity index is 0.00000121. The van der Waals surface area contributed by atoms with Gasteiger partial charge in [-0.2, -0.15) is 0 Å². The van der Waals surface area contributed by atoms with Crippen LogP contribution in [0.1, 0.15) is 64.2 Å². The maximum Gasteiger partial charge on any atom is 0.226 e. The Morgan fingerprint density at radius 1 is 0.962 bits per heavy atom. The Labute approximate surface area is 171 Å². The number of carbonyl (C=O) groups is 1. The van der Waals surface area contributed by atoms with Crippen molar-refractivity contribution in [1.29, 1.82) is 0 Å². The smallest absolute Gasteiger partial charge is 0.226 e. The number of nitrogens with two attached hydrogens (primary N) is 1. The quantitative estimate of drug-likeness (QED) is 0.726. The van der Waals surface area contributed by atoms with Gasteiger partial charge in [0.15, 0.2) is 0 Å². The van der Waals surface area contributed by atoms with Crippen LogP contribution in [-0.2, 0) is 4.79 Å². The van der Waals surface area contributed by atoms with Crippen LogP contribution in [0.4, 0.5) is 0 Å². The lowest BCUT2D eigenvalue weighted by atomic mass is 9.64. The third-order valence-electron chi connectivity index (χ3n) is 7.65. The van der Waals surface area contributed by atoms with Crippen molar-refractivity contribution in [1.82, 2.24) is 9.80 Å². The number of fused-ring (bicyclic) bond motifs is 2. The Hall–Kier alpha value is -0.0300. The summed E-state index contributed by atoms with van der Waals surface area (Å²) in [6.45, 7) is 3.05. The van der Waals surface area contributed by atoms with Gasteiger partial charge in [-0.05, 0) is 57.4 Å². The molecule has 1 saturated heterocycles. The Morgan fingerprint density at radius 2 is 1.58 bits per heavy atom. The molecule has 4 rings (SSSR count). The van der Waals surface area contributed by atoms with E-state index in [0.29, 0.717) is 23.8 Å². The van der Waals surface area contributed by atoms with Gasteiger partial charge < -0.3 is 15.5 Å². The van der Waals surface area contributed by atoms with Gasteiger partial charge in [-0.3, -0.25) is 4.79 Å². The highest BCUT2D eigenvalue weighted by atomic mass is 35.5. The van der Waals surface area contributed by atoms with Gasteiger partial charge >= 0.3 is 0 Å². The van der Waals surface area contributed by atoms with E-state index in [1.165, 1.54) is 51.4 Å². The molecule has 1 spiro atoms. The molecule has 0 aromatic carbocycles. The van der Waals surface area contributed by atoms with E-state index >= 15 is 0 Å². The van der Waals surface area contributed by atoms with Crippen LogP contribution >= 0.6 is 24.8 Å². The molecule has 2 bridgehead atoms. The van der Waals surface area contributed by atoms with E-state index in [1.54, 1.807) is 0 Å². The molecule has 4 nitrogen and oxygen atoms in total. The number of likely N-dealkylation sites (N-methyl/N-ethyl adjacent to an activating group) is 1. The molecule has 4 aliphatic rings. The molecule has 1 heterocycles. The third kappa shape index (κ3) is 4.04. The fourth-order valence-electron chi connectivity index (χ4n) is 6.37. The average Bonchev–Trinajstić information content (AvgIpc) is 2.55. The van der Waals surface area contributed by atoms with Crippen molar-refractivity contribution >= 4 is 30.7 Å². The van der Waals surface area contributed by atoms with E-state index in [1.807, 2.05) is 0 Å². The van der Waals surface area contributed by atoms with E-state index in [-0.39, 0.29) is 36.3 Å².